The molecule has 1 heterocycles. The second kappa shape index (κ2) is 4.37. The van der Waals surface area contributed by atoms with E-state index < -0.39 is 0 Å². The first-order chi connectivity index (χ1) is 9.20. The predicted octanol–water partition coefficient (Wildman–Crippen LogP) is 2.97. The highest BCUT2D eigenvalue weighted by Gasteiger charge is 2.49. The first-order valence-corrected chi connectivity index (χ1v) is 8.06. The van der Waals surface area contributed by atoms with Crippen molar-refractivity contribution >= 4 is 0 Å². The van der Waals surface area contributed by atoms with Gasteiger partial charge in [0.25, 0.3) is 0 Å². The van der Waals surface area contributed by atoms with Crippen molar-refractivity contribution in [3.05, 3.63) is 24.0 Å². The lowest BCUT2D eigenvalue weighted by Crippen LogP contribution is -2.52. The van der Waals surface area contributed by atoms with Crippen LogP contribution in [0.25, 0.3) is 0 Å². The zero-order valence-electron chi connectivity index (χ0n) is 12.0. The minimum Gasteiger partial charge on any atom is -0.354 e. The lowest BCUT2D eigenvalue weighted by molar-refractivity contribution is -0.0466. The molecule has 2 heteroatoms. The molecule has 4 aliphatic rings. The first kappa shape index (κ1) is 12.0. The van der Waals surface area contributed by atoms with Crippen LogP contribution in [-0.2, 0) is 13.5 Å². The molecule has 2 N–H and O–H groups in total. The van der Waals surface area contributed by atoms with E-state index in [9.17, 15) is 0 Å². The maximum Gasteiger partial charge on any atom is 0.0187 e. The minimum absolute atomic E-state index is 0.378. The number of rotatable bonds is 3. The molecular formula is C17H26N2. The van der Waals surface area contributed by atoms with Gasteiger partial charge in [-0.15, -0.1) is 0 Å². The van der Waals surface area contributed by atoms with Crippen molar-refractivity contribution in [3.63, 3.8) is 0 Å². The normalized spacial score (nSPS) is 41.7. The van der Waals surface area contributed by atoms with E-state index in [4.69, 9.17) is 5.73 Å². The van der Waals surface area contributed by atoms with Crippen LogP contribution >= 0.6 is 0 Å². The highest BCUT2D eigenvalue weighted by atomic mass is 14.9. The fourth-order valence-electron chi connectivity index (χ4n) is 5.75. The van der Waals surface area contributed by atoms with Crippen molar-refractivity contribution in [3.8, 4) is 0 Å². The third kappa shape index (κ3) is 1.96. The molecule has 0 aliphatic heterocycles. The molecule has 19 heavy (non-hydrogen) atoms. The van der Waals surface area contributed by atoms with Crippen LogP contribution in [0.15, 0.2) is 18.3 Å². The first-order valence-electron chi connectivity index (χ1n) is 8.06. The van der Waals surface area contributed by atoms with Crippen molar-refractivity contribution < 1.29 is 0 Å². The zero-order valence-corrected chi connectivity index (χ0v) is 12.0. The Bertz CT molecular complexity index is 434. The van der Waals surface area contributed by atoms with Crippen LogP contribution in [0.3, 0.4) is 0 Å². The molecule has 1 aromatic heterocycles. The summed E-state index contributed by atoms with van der Waals surface area (Å²) >= 11 is 0. The molecule has 1 atom stereocenters. The average molecular weight is 258 g/mol. The summed E-state index contributed by atoms with van der Waals surface area (Å²) in [5.74, 6) is 4.82. The minimum atomic E-state index is 0.378. The lowest BCUT2D eigenvalue weighted by Gasteiger charge is -2.56. The molecule has 0 saturated heterocycles. The Balaban J connectivity index is 1.51. The number of nitrogens with zero attached hydrogens (tertiary/aromatic N) is 1. The quantitative estimate of drug-likeness (QED) is 0.888. The van der Waals surface area contributed by atoms with E-state index >= 15 is 0 Å². The van der Waals surface area contributed by atoms with E-state index in [1.165, 1.54) is 37.8 Å². The summed E-state index contributed by atoms with van der Waals surface area (Å²) in [7, 11) is 2.14. The lowest BCUT2D eigenvalue weighted by atomic mass is 9.50. The molecule has 4 fully saturated rings. The number of aromatic nitrogens is 1. The summed E-state index contributed by atoms with van der Waals surface area (Å²) in [5.41, 5.74) is 8.05. The molecule has 4 bridgehead atoms. The predicted molar refractivity (Wildman–Crippen MR) is 77.6 cm³/mol. The molecule has 104 valence electrons. The average Bonchev–Trinajstić information content (AvgIpc) is 2.73. The Kier molecular flexibility index (Phi) is 2.77. The van der Waals surface area contributed by atoms with Crippen molar-refractivity contribution in [2.24, 2.45) is 42.4 Å². The van der Waals surface area contributed by atoms with Crippen LogP contribution in [0, 0.1) is 29.6 Å². The van der Waals surface area contributed by atoms with E-state index in [2.05, 4.69) is 29.9 Å². The Morgan fingerprint density at radius 2 is 1.79 bits per heavy atom. The molecule has 1 aromatic rings. The molecule has 4 saturated carbocycles. The van der Waals surface area contributed by atoms with Gasteiger partial charge in [-0.3, -0.25) is 0 Å². The number of hydrogen-bond acceptors (Lipinski definition) is 1. The Hall–Kier alpha value is -0.760. The smallest absolute Gasteiger partial charge is 0.0187 e. The molecule has 5 rings (SSSR count). The zero-order chi connectivity index (χ0) is 13.0. The van der Waals surface area contributed by atoms with E-state index in [1.807, 2.05) is 0 Å². The van der Waals surface area contributed by atoms with Crippen LogP contribution in [-0.4, -0.2) is 10.6 Å². The number of aryl methyl sites for hydroxylation is 1. The molecule has 0 amide bonds. The van der Waals surface area contributed by atoms with Crippen molar-refractivity contribution in [1.82, 2.24) is 4.57 Å². The number of nitrogens with two attached hydrogens (primary N) is 1. The van der Waals surface area contributed by atoms with Crippen molar-refractivity contribution in [2.75, 3.05) is 0 Å². The second-order valence-corrected chi connectivity index (χ2v) is 7.49. The van der Waals surface area contributed by atoms with Gasteiger partial charge < -0.3 is 10.3 Å². The monoisotopic (exact) mass is 258 g/mol. The maximum absolute atomic E-state index is 6.65. The maximum atomic E-state index is 6.65. The summed E-state index contributed by atoms with van der Waals surface area (Å²) in [6.45, 7) is 0. The third-order valence-electron chi connectivity index (χ3n) is 6.29. The van der Waals surface area contributed by atoms with Crippen LogP contribution in [0.2, 0.25) is 0 Å². The van der Waals surface area contributed by atoms with Gasteiger partial charge in [-0.2, -0.15) is 0 Å². The molecule has 2 nitrogen and oxygen atoms in total. The van der Waals surface area contributed by atoms with Crippen LogP contribution in [0.4, 0.5) is 0 Å². The highest BCUT2D eigenvalue weighted by Crippen LogP contribution is 2.57. The third-order valence-corrected chi connectivity index (χ3v) is 6.29. The fourth-order valence-corrected chi connectivity index (χ4v) is 5.75. The molecular weight excluding hydrogens is 232 g/mol. The van der Waals surface area contributed by atoms with Crippen LogP contribution in [0.1, 0.15) is 37.8 Å². The van der Waals surface area contributed by atoms with Gasteiger partial charge in [0.15, 0.2) is 0 Å². The van der Waals surface area contributed by atoms with Gasteiger partial charge in [0.05, 0.1) is 0 Å². The summed E-state index contributed by atoms with van der Waals surface area (Å²) in [5, 5.41) is 0. The summed E-state index contributed by atoms with van der Waals surface area (Å²) < 4.78 is 2.23. The van der Waals surface area contributed by atoms with Gasteiger partial charge >= 0.3 is 0 Å². The Morgan fingerprint density at radius 3 is 2.32 bits per heavy atom. The van der Waals surface area contributed by atoms with E-state index in [0.29, 0.717) is 6.04 Å². The van der Waals surface area contributed by atoms with Gasteiger partial charge in [-0.05, 0) is 73.8 Å². The fraction of sp³-hybridized carbons (Fsp3) is 0.765. The van der Waals surface area contributed by atoms with Gasteiger partial charge in [0, 0.05) is 31.4 Å². The molecule has 1 unspecified atom stereocenters. The highest BCUT2D eigenvalue weighted by molar-refractivity contribution is 5.10. The topological polar surface area (TPSA) is 30.9 Å². The summed E-state index contributed by atoms with van der Waals surface area (Å²) in [4.78, 5) is 0. The van der Waals surface area contributed by atoms with E-state index in [1.54, 1.807) is 0 Å². The second-order valence-electron chi connectivity index (χ2n) is 7.49. The summed E-state index contributed by atoms with van der Waals surface area (Å²) in [6, 6.07) is 4.75. The molecule has 0 radical (unpaired) electrons. The van der Waals surface area contributed by atoms with Gasteiger partial charge in [-0.1, -0.05) is 0 Å². The summed E-state index contributed by atoms with van der Waals surface area (Å²) in [6.07, 6.45) is 10.7. The number of hydrogen-bond donors (Lipinski definition) is 1. The molecule has 0 spiro atoms. The van der Waals surface area contributed by atoms with Gasteiger partial charge in [0.1, 0.15) is 0 Å². The SMILES string of the molecule is Cn1cccc1CC(N)C1C2CC3CC(C2)CC1C3. The van der Waals surface area contributed by atoms with E-state index in [-0.39, 0.29) is 0 Å². The largest absolute Gasteiger partial charge is 0.354 e. The molecule has 4 aliphatic carbocycles. The van der Waals surface area contributed by atoms with Crippen LogP contribution < -0.4 is 5.73 Å². The van der Waals surface area contributed by atoms with Crippen molar-refractivity contribution in [2.45, 2.75) is 44.6 Å². The Morgan fingerprint density at radius 1 is 1.16 bits per heavy atom. The molecule has 0 aromatic carbocycles. The van der Waals surface area contributed by atoms with Crippen LogP contribution in [0.5, 0.6) is 0 Å². The Labute approximate surface area is 116 Å². The van der Waals surface area contributed by atoms with E-state index in [0.717, 1.165) is 36.0 Å². The van der Waals surface area contributed by atoms with Gasteiger partial charge in [0.2, 0.25) is 0 Å². The standard InChI is InChI=1S/C17H26N2/c1-19-4-2-3-15(19)10-16(18)17-13-6-11-5-12(8-13)9-14(17)7-11/h2-4,11-14,16-17H,5-10,18H2,1H3. The van der Waals surface area contributed by atoms with Crippen molar-refractivity contribution in [1.29, 1.82) is 0 Å². The van der Waals surface area contributed by atoms with Gasteiger partial charge in [-0.25, -0.2) is 0 Å².